The first kappa shape index (κ1) is 8.23. The summed E-state index contributed by atoms with van der Waals surface area (Å²) in [6, 6.07) is 0. The summed E-state index contributed by atoms with van der Waals surface area (Å²) in [5, 5.41) is 0.912. The molecule has 0 aromatic heterocycles. The normalized spacial score (nSPS) is 8.78. The van der Waals surface area contributed by atoms with Crippen molar-refractivity contribution >= 4 is 6.09 Å². The minimum absolute atomic E-state index is 0.431. The van der Waals surface area contributed by atoms with E-state index in [4.69, 9.17) is 5.84 Å². The summed E-state index contributed by atoms with van der Waals surface area (Å²) in [4.78, 5) is 10.5. The molecule has 0 aliphatic rings. The highest BCUT2D eigenvalue weighted by Gasteiger charge is 2.01. The molecule has 0 aliphatic heterocycles. The number of nitrogens with zero attached hydrogens (tertiary/aromatic N) is 1. The van der Waals surface area contributed by atoms with Gasteiger partial charge in [-0.2, -0.15) is 0 Å². The number of rotatable bonds is 2. The summed E-state index contributed by atoms with van der Waals surface area (Å²) in [5.41, 5.74) is 0. The van der Waals surface area contributed by atoms with E-state index < -0.39 is 6.09 Å². The Morgan fingerprint density at radius 3 is 2.67 bits per heavy atom. The first-order valence-corrected chi connectivity index (χ1v) is 2.83. The molecule has 1 amide bonds. The predicted octanol–water partition coefficient (Wildman–Crippen LogP) is 0.339. The lowest BCUT2D eigenvalue weighted by Gasteiger charge is -2.08. The van der Waals surface area contributed by atoms with Crippen molar-refractivity contribution in [3.05, 3.63) is 0 Å². The van der Waals surface area contributed by atoms with Gasteiger partial charge >= 0.3 is 6.09 Å². The number of amides is 1. The van der Waals surface area contributed by atoms with Crippen LogP contribution in [-0.4, -0.2) is 24.8 Å². The van der Waals surface area contributed by atoms with E-state index in [0.717, 1.165) is 11.4 Å². The second-order valence-electron chi connectivity index (χ2n) is 1.73. The van der Waals surface area contributed by atoms with Crippen LogP contribution >= 0.6 is 0 Å². The van der Waals surface area contributed by atoms with Gasteiger partial charge in [-0.3, -0.25) is 0 Å². The Hall–Kier alpha value is -0.770. The molecule has 4 heteroatoms. The van der Waals surface area contributed by atoms with Crippen LogP contribution in [-0.2, 0) is 4.74 Å². The lowest BCUT2D eigenvalue weighted by Crippen LogP contribution is -2.33. The number of hydrogen-bond acceptors (Lipinski definition) is 3. The molecule has 0 atom stereocenters. The molecule has 0 aliphatic carbocycles. The highest BCUT2D eigenvalue weighted by atomic mass is 16.6. The van der Waals surface area contributed by atoms with Gasteiger partial charge in [-0.1, -0.05) is 6.92 Å². The van der Waals surface area contributed by atoms with Crippen molar-refractivity contribution in [2.24, 2.45) is 5.84 Å². The highest BCUT2D eigenvalue weighted by Crippen LogP contribution is 1.84. The fourth-order valence-corrected chi connectivity index (χ4v) is 0.291. The largest absolute Gasteiger partial charge is 0.448 e. The van der Waals surface area contributed by atoms with Gasteiger partial charge in [0.2, 0.25) is 0 Å². The van der Waals surface area contributed by atoms with Gasteiger partial charge in [0.05, 0.1) is 6.61 Å². The lowest BCUT2D eigenvalue weighted by atomic mass is 10.5. The molecule has 2 N–H and O–H groups in total. The quantitative estimate of drug-likeness (QED) is 0.335. The molecule has 0 spiro atoms. The molecule has 0 bridgehead atoms. The van der Waals surface area contributed by atoms with Crippen LogP contribution in [0.1, 0.15) is 13.3 Å². The summed E-state index contributed by atoms with van der Waals surface area (Å²) in [7, 11) is 1.44. The Labute approximate surface area is 54.5 Å². The second-order valence-corrected chi connectivity index (χ2v) is 1.73. The molecule has 0 unspecified atom stereocenters. The van der Waals surface area contributed by atoms with E-state index in [0.29, 0.717) is 6.61 Å². The van der Waals surface area contributed by atoms with Crippen LogP contribution in [0, 0.1) is 0 Å². The third kappa shape index (κ3) is 3.78. The summed E-state index contributed by atoms with van der Waals surface area (Å²) in [6.07, 6.45) is 0.330. The van der Waals surface area contributed by atoms with E-state index in [2.05, 4.69) is 4.74 Å². The molecule has 0 heterocycles. The molecule has 0 radical (unpaired) electrons. The van der Waals surface area contributed by atoms with Crippen molar-refractivity contribution in [3.63, 3.8) is 0 Å². The van der Waals surface area contributed by atoms with E-state index in [-0.39, 0.29) is 0 Å². The van der Waals surface area contributed by atoms with Gasteiger partial charge < -0.3 is 4.74 Å². The first-order chi connectivity index (χ1) is 4.18. The summed E-state index contributed by atoms with van der Waals surface area (Å²) in [5.74, 6) is 5.04. The summed E-state index contributed by atoms with van der Waals surface area (Å²) in [6.45, 7) is 2.35. The molecule has 0 rings (SSSR count). The maximum Gasteiger partial charge on any atom is 0.423 e. The van der Waals surface area contributed by atoms with Crippen molar-refractivity contribution in [1.29, 1.82) is 0 Å². The van der Waals surface area contributed by atoms with E-state index in [1.54, 1.807) is 0 Å². The molecule has 0 fully saturated rings. The number of nitrogens with two attached hydrogens (primary N) is 1. The van der Waals surface area contributed by atoms with Gasteiger partial charge in [0.15, 0.2) is 0 Å². The Kier molecular flexibility index (Phi) is 3.79. The molecular weight excluding hydrogens is 120 g/mol. The van der Waals surface area contributed by atoms with Gasteiger partial charge in [-0.25, -0.2) is 15.6 Å². The monoisotopic (exact) mass is 132 g/mol. The molecular formula is C5H12N2O2. The summed E-state index contributed by atoms with van der Waals surface area (Å²) < 4.78 is 4.61. The smallest absolute Gasteiger partial charge is 0.423 e. The number of carbonyl (C=O) groups is 1. The van der Waals surface area contributed by atoms with Crippen LogP contribution < -0.4 is 5.84 Å². The third-order valence-corrected chi connectivity index (χ3v) is 0.718. The lowest BCUT2D eigenvalue weighted by molar-refractivity contribution is 0.111. The van der Waals surface area contributed by atoms with E-state index >= 15 is 0 Å². The average Bonchev–Trinajstić information content (AvgIpc) is 1.82. The summed E-state index contributed by atoms with van der Waals surface area (Å²) >= 11 is 0. The first-order valence-electron chi connectivity index (χ1n) is 2.83. The molecule has 54 valence electrons. The average molecular weight is 132 g/mol. The van der Waals surface area contributed by atoms with Crippen LogP contribution in [0.3, 0.4) is 0 Å². The predicted molar refractivity (Wildman–Crippen MR) is 33.6 cm³/mol. The highest BCUT2D eigenvalue weighted by molar-refractivity contribution is 5.66. The van der Waals surface area contributed by atoms with Crippen LogP contribution in [0.15, 0.2) is 0 Å². The minimum Gasteiger partial charge on any atom is -0.448 e. The van der Waals surface area contributed by atoms with Gasteiger partial charge in [-0.05, 0) is 6.42 Å². The van der Waals surface area contributed by atoms with Gasteiger partial charge in [0, 0.05) is 7.05 Å². The van der Waals surface area contributed by atoms with E-state index in [1.165, 1.54) is 7.05 Å². The Balaban J connectivity index is 3.28. The van der Waals surface area contributed by atoms with Crippen LogP contribution in [0.2, 0.25) is 0 Å². The van der Waals surface area contributed by atoms with Crippen molar-refractivity contribution in [2.45, 2.75) is 13.3 Å². The fourth-order valence-electron chi connectivity index (χ4n) is 0.291. The standard InChI is InChI=1S/C5H12N2O2/c1-3-4-9-5(8)7(2)6/h3-4,6H2,1-2H3. The zero-order valence-electron chi connectivity index (χ0n) is 5.76. The molecule has 0 aromatic rings. The molecule has 0 saturated carbocycles. The zero-order chi connectivity index (χ0) is 7.28. The SMILES string of the molecule is CCCOC(=O)N(C)N. The maximum absolute atomic E-state index is 10.5. The Bertz CT molecular complexity index is 93.0. The van der Waals surface area contributed by atoms with Crippen LogP contribution in [0.5, 0.6) is 0 Å². The number of hydrogen-bond donors (Lipinski definition) is 1. The molecule has 9 heavy (non-hydrogen) atoms. The second kappa shape index (κ2) is 4.14. The number of ether oxygens (including phenoxy) is 1. The minimum atomic E-state index is -0.489. The van der Waals surface area contributed by atoms with Crippen molar-refractivity contribution in [2.75, 3.05) is 13.7 Å². The van der Waals surface area contributed by atoms with Gasteiger partial charge in [0.1, 0.15) is 0 Å². The maximum atomic E-state index is 10.5. The van der Waals surface area contributed by atoms with E-state index in [9.17, 15) is 4.79 Å². The van der Waals surface area contributed by atoms with Gasteiger partial charge in [-0.15, -0.1) is 0 Å². The van der Waals surface area contributed by atoms with Crippen LogP contribution in [0.4, 0.5) is 4.79 Å². The van der Waals surface area contributed by atoms with Crippen molar-refractivity contribution in [1.82, 2.24) is 5.01 Å². The fraction of sp³-hybridized carbons (Fsp3) is 0.800. The zero-order valence-corrected chi connectivity index (χ0v) is 5.76. The van der Waals surface area contributed by atoms with Gasteiger partial charge in [0.25, 0.3) is 0 Å². The Morgan fingerprint density at radius 1 is 1.78 bits per heavy atom. The molecule has 4 nitrogen and oxygen atoms in total. The van der Waals surface area contributed by atoms with Crippen molar-refractivity contribution < 1.29 is 9.53 Å². The Morgan fingerprint density at radius 2 is 2.33 bits per heavy atom. The number of carbonyl (C=O) groups excluding carboxylic acids is 1. The third-order valence-electron chi connectivity index (χ3n) is 0.718. The van der Waals surface area contributed by atoms with E-state index in [1.807, 2.05) is 6.92 Å². The van der Waals surface area contributed by atoms with Crippen LogP contribution in [0.25, 0.3) is 0 Å². The molecule has 0 saturated heterocycles. The topological polar surface area (TPSA) is 55.6 Å². The number of hydrazine groups is 1. The van der Waals surface area contributed by atoms with Crippen molar-refractivity contribution in [3.8, 4) is 0 Å². The molecule has 0 aromatic carbocycles.